The normalized spacial score (nSPS) is 12.1. The monoisotopic (exact) mass is 613 g/mol. The van der Waals surface area contributed by atoms with Crippen molar-refractivity contribution in [2.75, 3.05) is 4.90 Å². The SMILES string of the molecule is c1ccc(-c2ccc3c(c2)c2cc4c(cc2n3-c2ccccn2)N(c2ccc(-c3cccnc3)cn2)c2cccc3cccc-4c23)cc1. The van der Waals surface area contributed by atoms with Gasteiger partial charge in [-0.25, -0.2) is 9.97 Å². The highest BCUT2D eigenvalue weighted by atomic mass is 15.2. The minimum absolute atomic E-state index is 0.858. The van der Waals surface area contributed by atoms with Crippen LogP contribution in [0.5, 0.6) is 0 Å². The molecule has 0 unspecified atom stereocenters. The second kappa shape index (κ2) is 10.5. The Morgan fingerprint density at radius 3 is 2.06 bits per heavy atom. The van der Waals surface area contributed by atoms with Crippen molar-refractivity contribution in [1.29, 1.82) is 0 Å². The Morgan fingerprint density at radius 1 is 0.438 bits per heavy atom. The van der Waals surface area contributed by atoms with E-state index in [4.69, 9.17) is 9.97 Å². The summed E-state index contributed by atoms with van der Waals surface area (Å²) in [5.41, 5.74) is 11.3. The molecule has 9 aromatic rings. The van der Waals surface area contributed by atoms with Gasteiger partial charge < -0.3 is 0 Å². The summed E-state index contributed by atoms with van der Waals surface area (Å²) in [6.07, 6.45) is 7.48. The second-order valence-electron chi connectivity index (χ2n) is 12.2. The van der Waals surface area contributed by atoms with Crippen LogP contribution < -0.4 is 4.90 Å². The summed E-state index contributed by atoms with van der Waals surface area (Å²) in [4.78, 5) is 16.5. The summed E-state index contributed by atoms with van der Waals surface area (Å²) in [6.45, 7) is 0. The number of nitrogens with zero attached hydrogens (tertiary/aromatic N) is 5. The first-order valence-corrected chi connectivity index (χ1v) is 16.1. The van der Waals surface area contributed by atoms with Crippen LogP contribution in [0.15, 0.2) is 164 Å². The van der Waals surface area contributed by atoms with E-state index in [-0.39, 0.29) is 0 Å². The standard InChI is InChI=1S/C43H27N5/c1-2-9-28(10-3-1)30-17-19-37-34(23-30)36-24-35-33-14-6-11-29-12-7-15-38(43(29)33)48(39(35)25-40(36)47(37)41-16-4-5-22-45-41)42-20-18-32(27-46-42)31-13-8-21-44-26-31/h1-27H. The van der Waals surface area contributed by atoms with Crippen LogP contribution in [0, 0.1) is 0 Å². The number of rotatable bonds is 4. The zero-order chi connectivity index (χ0) is 31.6. The number of fused-ring (bicyclic) bond motifs is 5. The van der Waals surface area contributed by atoms with E-state index in [9.17, 15) is 0 Å². The molecule has 0 N–H and O–H groups in total. The molecule has 0 amide bonds. The molecule has 0 atom stereocenters. The van der Waals surface area contributed by atoms with Crippen molar-refractivity contribution in [3.8, 4) is 39.2 Å². The molecule has 0 fully saturated rings. The lowest BCUT2D eigenvalue weighted by molar-refractivity contribution is 1.08. The van der Waals surface area contributed by atoms with Gasteiger partial charge in [0.05, 0.1) is 22.4 Å². The van der Waals surface area contributed by atoms with Gasteiger partial charge in [-0.05, 0) is 82.7 Å². The minimum Gasteiger partial charge on any atom is -0.294 e. The van der Waals surface area contributed by atoms with Crippen LogP contribution in [0.4, 0.5) is 17.2 Å². The summed E-state index contributed by atoms with van der Waals surface area (Å²) < 4.78 is 2.29. The van der Waals surface area contributed by atoms with Gasteiger partial charge in [0.1, 0.15) is 11.6 Å². The van der Waals surface area contributed by atoms with Crippen molar-refractivity contribution in [2.45, 2.75) is 0 Å². The maximum Gasteiger partial charge on any atom is 0.137 e. The number of aromatic nitrogens is 4. The largest absolute Gasteiger partial charge is 0.294 e. The van der Waals surface area contributed by atoms with Crippen molar-refractivity contribution < 1.29 is 0 Å². The second-order valence-corrected chi connectivity index (χ2v) is 12.2. The molecule has 0 saturated heterocycles. The van der Waals surface area contributed by atoms with E-state index in [1.54, 1.807) is 6.20 Å². The van der Waals surface area contributed by atoms with Crippen molar-refractivity contribution in [3.05, 3.63) is 164 Å². The predicted molar refractivity (Wildman–Crippen MR) is 196 cm³/mol. The van der Waals surface area contributed by atoms with E-state index < -0.39 is 0 Å². The molecule has 0 saturated carbocycles. The van der Waals surface area contributed by atoms with Gasteiger partial charge >= 0.3 is 0 Å². The Morgan fingerprint density at radius 2 is 1.25 bits per heavy atom. The highest BCUT2D eigenvalue weighted by Gasteiger charge is 2.29. The molecule has 0 spiro atoms. The number of benzene rings is 5. The van der Waals surface area contributed by atoms with Crippen LogP contribution in [0.1, 0.15) is 0 Å². The van der Waals surface area contributed by atoms with Crippen LogP contribution in [-0.2, 0) is 0 Å². The molecule has 5 heteroatoms. The van der Waals surface area contributed by atoms with E-state index in [0.717, 1.165) is 45.2 Å². The maximum absolute atomic E-state index is 5.07. The quantitative estimate of drug-likeness (QED) is 0.198. The Hall–Kier alpha value is -6.59. The van der Waals surface area contributed by atoms with Gasteiger partial charge in [-0.3, -0.25) is 14.5 Å². The number of pyridine rings is 3. The van der Waals surface area contributed by atoms with E-state index in [0.29, 0.717) is 0 Å². The lowest BCUT2D eigenvalue weighted by Crippen LogP contribution is -2.16. The van der Waals surface area contributed by atoms with E-state index >= 15 is 0 Å². The number of hydrogen-bond donors (Lipinski definition) is 0. The molecule has 0 aliphatic carbocycles. The molecule has 10 rings (SSSR count). The first kappa shape index (κ1) is 26.6. The third-order valence-corrected chi connectivity index (χ3v) is 9.49. The highest BCUT2D eigenvalue weighted by Crippen LogP contribution is 2.52. The molecule has 48 heavy (non-hydrogen) atoms. The lowest BCUT2D eigenvalue weighted by Gasteiger charge is -2.33. The Kier molecular flexibility index (Phi) is 5.81. The van der Waals surface area contributed by atoms with Crippen LogP contribution in [-0.4, -0.2) is 19.5 Å². The fraction of sp³-hybridized carbons (Fsp3) is 0. The third-order valence-electron chi connectivity index (χ3n) is 9.49. The van der Waals surface area contributed by atoms with Crippen molar-refractivity contribution in [3.63, 3.8) is 0 Å². The fourth-order valence-corrected chi connectivity index (χ4v) is 7.33. The van der Waals surface area contributed by atoms with Crippen LogP contribution in [0.3, 0.4) is 0 Å². The third kappa shape index (κ3) is 4.01. The van der Waals surface area contributed by atoms with Crippen molar-refractivity contribution >= 4 is 49.8 Å². The maximum atomic E-state index is 5.07. The fourth-order valence-electron chi connectivity index (χ4n) is 7.33. The van der Waals surface area contributed by atoms with Gasteiger partial charge in [0.25, 0.3) is 0 Å². The summed E-state index contributed by atoms with van der Waals surface area (Å²) in [7, 11) is 0. The van der Waals surface area contributed by atoms with Gasteiger partial charge in [-0.15, -0.1) is 0 Å². The summed E-state index contributed by atoms with van der Waals surface area (Å²) in [5, 5.41) is 4.80. The van der Waals surface area contributed by atoms with E-state index in [2.05, 4.69) is 136 Å². The summed E-state index contributed by atoms with van der Waals surface area (Å²) in [6, 6.07) is 49.6. The lowest BCUT2D eigenvalue weighted by atomic mass is 9.90. The molecule has 1 aliphatic heterocycles. The van der Waals surface area contributed by atoms with Gasteiger partial charge in [-0.1, -0.05) is 78.9 Å². The molecule has 1 aliphatic rings. The molecule has 4 aromatic heterocycles. The molecule has 5 heterocycles. The average molecular weight is 614 g/mol. The summed E-state index contributed by atoms with van der Waals surface area (Å²) >= 11 is 0. The van der Waals surface area contributed by atoms with Gasteiger partial charge in [0.15, 0.2) is 0 Å². The Labute approximate surface area is 277 Å². The molecular weight excluding hydrogens is 587 g/mol. The first-order valence-electron chi connectivity index (χ1n) is 16.1. The smallest absolute Gasteiger partial charge is 0.137 e. The van der Waals surface area contributed by atoms with Crippen molar-refractivity contribution in [1.82, 2.24) is 19.5 Å². The van der Waals surface area contributed by atoms with Gasteiger partial charge in [0.2, 0.25) is 0 Å². The van der Waals surface area contributed by atoms with Crippen molar-refractivity contribution in [2.24, 2.45) is 0 Å². The van der Waals surface area contributed by atoms with E-state index in [1.807, 2.05) is 36.8 Å². The van der Waals surface area contributed by atoms with Crippen LogP contribution in [0.25, 0.3) is 71.8 Å². The Bertz CT molecular complexity index is 2640. The molecule has 5 aromatic carbocycles. The van der Waals surface area contributed by atoms with Gasteiger partial charge in [-0.2, -0.15) is 0 Å². The zero-order valence-corrected chi connectivity index (χ0v) is 25.8. The molecule has 0 radical (unpaired) electrons. The van der Waals surface area contributed by atoms with Crippen LogP contribution >= 0.6 is 0 Å². The molecule has 0 bridgehead atoms. The first-order chi connectivity index (χ1) is 23.8. The average Bonchev–Trinajstić information content (AvgIpc) is 3.48. The number of anilines is 3. The highest BCUT2D eigenvalue weighted by molar-refractivity contribution is 6.19. The minimum atomic E-state index is 0.858. The zero-order valence-electron chi connectivity index (χ0n) is 25.8. The molecular formula is C43H27N5. The number of hydrogen-bond acceptors (Lipinski definition) is 4. The topological polar surface area (TPSA) is 46.8 Å². The summed E-state index contributed by atoms with van der Waals surface area (Å²) in [5.74, 6) is 1.74. The Balaban J connectivity index is 1.28. The molecule has 5 nitrogen and oxygen atoms in total. The predicted octanol–water partition coefficient (Wildman–Crippen LogP) is 10.9. The molecule has 224 valence electrons. The van der Waals surface area contributed by atoms with Gasteiger partial charge in [0, 0.05) is 57.6 Å². The van der Waals surface area contributed by atoms with Crippen LogP contribution in [0.2, 0.25) is 0 Å². The van der Waals surface area contributed by atoms with E-state index in [1.165, 1.54) is 43.8 Å².